The summed E-state index contributed by atoms with van der Waals surface area (Å²) < 4.78 is 1.79. The highest BCUT2D eigenvalue weighted by Crippen LogP contribution is 2.35. The van der Waals surface area contributed by atoms with Crippen molar-refractivity contribution in [3.05, 3.63) is 12.3 Å². The molecule has 0 bridgehead atoms. The van der Waals surface area contributed by atoms with Crippen LogP contribution in [-0.4, -0.2) is 44.6 Å². The van der Waals surface area contributed by atoms with Crippen molar-refractivity contribution in [2.24, 2.45) is 5.92 Å². The zero-order chi connectivity index (χ0) is 18.7. The smallest absolute Gasteiger partial charge is 0.300 e. The molecule has 0 aromatic carbocycles. The number of hydrogen-bond acceptors (Lipinski definition) is 4. The van der Waals surface area contributed by atoms with Crippen molar-refractivity contribution in [3.63, 3.8) is 0 Å². The van der Waals surface area contributed by atoms with Crippen LogP contribution in [0.3, 0.4) is 0 Å². The minimum absolute atomic E-state index is 0.106. The maximum absolute atomic E-state index is 12.8. The van der Waals surface area contributed by atoms with Gasteiger partial charge >= 0.3 is 6.03 Å². The third-order valence-electron chi connectivity index (χ3n) is 5.23. The molecule has 1 aliphatic carbocycles. The molecule has 8 nitrogen and oxygen atoms in total. The molecule has 3 rings (SSSR count). The van der Waals surface area contributed by atoms with Crippen LogP contribution < -0.4 is 10.6 Å². The molecule has 1 aromatic heterocycles. The number of carbonyl (C=O) groups is 3. The molecule has 1 spiro atoms. The highest BCUT2D eigenvalue weighted by atomic mass is 16.2. The van der Waals surface area contributed by atoms with Crippen LogP contribution >= 0.6 is 0 Å². The first-order chi connectivity index (χ1) is 12.4. The summed E-state index contributed by atoms with van der Waals surface area (Å²) in [5, 5.41) is 9.52. The molecule has 1 aromatic rings. The standard InChI is InChI=1S/C18H27N5O3/c1-13(2)6-10-22-11-7-14(21-22)19-17(26)23-12-15(24)20-16(25)18(23)8-4-3-5-9-18/h7,11,13H,3-6,8-10,12H2,1-2H3,(H,19,21,26)(H,20,24,25). The summed E-state index contributed by atoms with van der Waals surface area (Å²) in [5.74, 6) is 0.208. The zero-order valence-corrected chi connectivity index (χ0v) is 15.5. The van der Waals surface area contributed by atoms with Crippen molar-refractivity contribution < 1.29 is 14.4 Å². The van der Waals surface area contributed by atoms with Crippen molar-refractivity contribution in [2.75, 3.05) is 11.9 Å². The molecule has 8 heteroatoms. The van der Waals surface area contributed by atoms with Crippen LogP contribution in [0.2, 0.25) is 0 Å². The van der Waals surface area contributed by atoms with E-state index in [1.165, 1.54) is 4.90 Å². The fraction of sp³-hybridized carbons (Fsp3) is 0.667. The van der Waals surface area contributed by atoms with Gasteiger partial charge in [-0.05, 0) is 25.2 Å². The van der Waals surface area contributed by atoms with Crippen LogP contribution in [0, 0.1) is 5.92 Å². The average molecular weight is 361 g/mol. The van der Waals surface area contributed by atoms with Gasteiger partial charge in [0.1, 0.15) is 12.1 Å². The number of rotatable bonds is 4. The molecule has 26 heavy (non-hydrogen) atoms. The van der Waals surface area contributed by atoms with Crippen LogP contribution in [0.4, 0.5) is 10.6 Å². The third-order valence-corrected chi connectivity index (χ3v) is 5.23. The summed E-state index contributed by atoms with van der Waals surface area (Å²) in [4.78, 5) is 38.6. The highest BCUT2D eigenvalue weighted by Gasteiger charge is 2.51. The average Bonchev–Trinajstić information content (AvgIpc) is 3.04. The normalized spacial score (nSPS) is 19.7. The molecule has 0 atom stereocenters. The number of nitrogens with one attached hydrogen (secondary N) is 2. The van der Waals surface area contributed by atoms with Crippen molar-refractivity contribution >= 4 is 23.7 Å². The van der Waals surface area contributed by atoms with E-state index in [-0.39, 0.29) is 12.5 Å². The van der Waals surface area contributed by atoms with Gasteiger partial charge < -0.3 is 4.90 Å². The number of imide groups is 1. The Morgan fingerprint density at radius 3 is 2.73 bits per heavy atom. The van der Waals surface area contributed by atoms with Gasteiger partial charge in [-0.2, -0.15) is 5.10 Å². The first-order valence-corrected chi connectivity index (χ1v) is 9.37. The van der Waals surface area contributed by atoms with Gasteiger partial charge in [0, 0.05) is 18.8 Å². The Kier molecular flexibility index (Phi) is 5.29. The van der Waals surface area contributed by atoms with E-state index in [1.807, 2.05) is 6.20 Å². The van der Waals surface area contributed by atoms with Gasteiger partial charge in [0.25, 0.3) is 5.91 Å². The fourth-order valence-corrected chi connectivity index (χ4v) is 3.72. The molecule has 1 aliphatic heterocycles. The first kappa shape index (κ1) is 18.4. The number of aryl methyl sites for hydroxylation is 1. The van der Waals surface area contributed by atoms with Crippen LogP contribution in [0.5, 0.6) is 0 Å². The number of anilines is 1. The third kappa shape index (κ3) is 3.73. The maximum atomic E-state index is 12.8. The summed E-state index contributed by atoms with van der Waals surface area (Å²) >= 11 is 0. The predicted octanol–water partition coefficient (Wildman–Crippen LogP) is 2.12. The highest BCUT2D eigenvalue weighted by molar-refractivity contribution is 6.07. The van der Waals surface area contributed by atoms with Crippen molar-refractivity contribution in [1.82, 2.24) is 20.0 Å². The first-order valence-electron chi connectivity index (χ1n) is 9.37. The molecule has 1 saturated carbocycles. The molecule has 2 heterocycles. The predicted molar refractivity (Wildman–Crippen MR) is 96.4 cm³/mol. The van der Waals surface area contributed by atoms with Gasteiger partial charge in [0.2, 0.25) is 5.91 Å². The second-order valence-electron chi connectivity index (χ2n) is 7.63. The Hall–Kier alpha value is -2.38. The second-order valence-corrected chi connectivity index (χ2v) is 7.63. The molecule has 0 radical (unpaired) electrons. The van der Waals surface area contributed by atoms with Crippen LogP contribution in [-0.2, 0) is 16.1 Å². The number of urea groups is 1. The molecular weight excluding hydrogens is 334 g/mol. The summed E-state index contributed by atoms with van der Waals surface area (Å²) in [6.07, 6.45) is 6.77. The SMILES string of the molecule is CC(C)CCn1ccc(NC(=O)N2CC(=O)NC(=O)C23CCCCC3)n1. The van der Waals surface area contributed by atoms with Crippen LogP contribution in [0.15, 0.2) is 12.3 Å². The Bertz CT molecular complexity index is 691. The van der Waals surface area contributed by atoms with Crippen molar-refractivity contribution in [1.29, 1.82) is 0 Å². The quantitative estimate of drug-likeness (QED) is 0.803. The van der Waals surface area contributed by atoms with Crippen molar-refractivity contribution in [3.8, 4) is 0 Å². The lowest BCUT2D eigenvalue weighted by atomic mass is 9.78. The molecule has 2 aliphatic rings. The number of amides is 4. The lowest BCUT2D eigenvalue weighted by molar-refractivity contribution is -0.146. The van der Waals surface area contributed by atoms with Crippen LogP contribution in [0.1, 0.15) is 52.4 Å². The minimum atomic E-state index is -0.920. The summed E-state index contributed by atoms with van der Waals surface area (Å²) in [6.45, 7) is 4.97. The largest absolute Gasteiger partial charge is 0.324 e. The lowest BCUT2D eigenvalue weighted by Crippen LogP contribution is -2.69. The topological polar surface area (TPSA) is 96.3 Å². The fourth-order valence-electron chi connectivity index (χ4n) is 3.72. The zero-order valence-electron chi connectivity index (χ0n) is 15.5. The van der Waals surface area contributed by atoms with Crippen molar-refractivity contribution in [2.45, 2.75) is 64.5 Å². The van der Waals surface area contributed by atoms with Gasteiger partial charge in [-0.25, -0.2) is 4.79 Å². The summed E-state index contributed by atoms with van der Waals surface area (Å²) in [6, 6.07) is 1.29. The molecule has 2 fully saturated rings. The number of carbonyl (C=O) groups excluding carboxylic acids is 3. The Morgan fingerprint density at radius 1 is 1.31 bits per heavy atom. The van der Waals surface area contributed by atoms with Gasteiger partial charge in [-0.1, -0.05) is 33.1 Å². The van der Waals surface area contributed by atoms with E-state index >= 15 is 0 Å². The number of nitrogens with zero attached hydrogens (tertiary/aromatic N) is 3. The number of aromatic nitrogens is 2. The Balaban J connectivity index is 1.72. The van der Waals surface area contributed by atoms with Gasteiger partial charge in [0.15, 0.2) is 5.82 Å². The van der Waals surface area contributed by atoms with E-state index < -0.39 is 17.5 Å². The molecule has 142 valence electrons. The summed E-state index contributed by atoms with van der Waals surface area (Å²) in [5.41, 5.74) is -0.920. The maximum Gasteiger partial charge on any atom is 0.324 e. The number of hydrogen-bond donors (Lipinski definition) is 2. The summed E-state index contributed by atoms with van der Waals surface area (Å²) in [7, 11) is 0. The van der Waals surface area contributed by atoms with Gasteiger partial charge in [-0.3, -0.25) is 24.9 Å². The number of piperazine rings is 1. The Morgan fingerprint density at radius 2 is 2.04 bits per heavy atom. The van der Waals surface area contributed by atoms with Gasteiger partial charge in [0.05, 0.1) is 0 Å². The Labute approximate surface area is 153 Å². The van der Waals surface area contributed by atoms with E-state index in [1.54, 1.807) is 10.7 Å². The van der Waals surface area contributed by atoms with E-state index in [0.717, 1.165) is 32.2 Å². The molecule has 0 unspecified atom stereocenters. The molecule has 4 amide bonds. The van der Waals surface area contributed by atoms with E-state index in [0.29, 0.717) is 24.6 Å². The lowest BCUT2D eigenvalue weighted by Gasteiger charge is -2.46. The van der Waals surface area contributed by atoms with E-state index in [9.17, 15) is 14.4 Å². The van der Waals surface area contributed by atoms with E-state index in [4.69, 9.17) is 0 Å². The van der Waals surface area contributed by atoms with Gasteiger partial charge in [-0.15, -0.1) is 0 Å². The molecular formula is C18H27N5O3. The minimum Gasteiger partial charge on any atom is -0.300 e. The monoisotopic (exact) mass is 361 g/mol. The van der Waals surface area contributed by atoms with E-state index in [2.05, 4.69) is 29.6 Å². The molecule has 2 N–H and O–H groups in total. The second kappa shape index (κ2) is 7.47. The van der Waals surface area contributed by atoms with Crippen LogP contribution in [0.25, 0.3) is 0 Å². The molecule has 1 saturated heterocycles.